The zero-order valence-electron chi connectivity index (χ0n) is 10.2. The molecular weight excluding hydrogens is 216 g/mol. The lowest BCUT2D eigenvalue weighted by Gasteiger charge is -2.17. The fourth-order valence-corrected chi connectivity index (χ4v) is 2.19. The molecule has 0 saturated heterocycles. The Bertz CT molecular complexity index is 422. The Kier molecular flexibility index (Phi) is 2.74. The SMILES string of the molecule is CC(C)(O)Cc1ccc(C2(C(=O)O)CC2)cc1. The van der Waals surface area contributed by atoms with Crippen LogP contribution >= 0.6 is 0 Å². The Morgan fingerprint density at radius 1 is 1.29 bits per heavy atom. The van der Waals surface area contributed by atoms with E-state index in [9.17, 15) is 15.0 Å². The summed E-state index contributed by atoms with van der Waals surface area (Å²) in [4.78, 5) is 11.2. The summed E-state index contributed by atoms with van der Waals surface area (Å²) in [5, 5.41) is 18.9. The third kappa shape index (κ3) is 2.50. The Morgan fingerprint density at radius 2 is 1.82 bits per heavy atom. The summed E-state index contributed by atoms with van der Waals surface area (Å²) in [6, 6.07) is 7.58. The lowest BCUT2D eigenvalue weighted by molar-refractivity contribution is -0.140. The molecule has 17 heavy (non-hydrogen) atoms. The predicted molar refractivity (Wildman–Crippen MR) is 65.0 cm³/mol. The molecule has 0 amide bonds. The van der Waals surface area contributed by atoms with Gasteiger partial charge in [0.05, 0.1) is 11.0 Å². The van der Waals surface area contributed by atoms with E-state index in [0.29, 0.717) is 6.42 Å². The average molecular weight is 234 g/mol. The summed E-state index contributed by atoms with van der Waals surface area (Å²) >= 11 is 0. The van der Waals surface area contributed by atoms with Gasteiger partial charge in [0.25, 0.3) is 0 Å². The maximum atomic E-state index is 11.2. The second kappa shape index (κ2) is 3.84. The molecule has 3 heteroatoms. The first kappa shape index (κ1) is 12.1. The third-order valence-electron chi connectivity index (χ3n) is 3.30. The Hall–Kier alpha value is -1.35. The number of benzene rings is 1. The minimum absolute atomic E-state index is 0.577. The first-order valence-electron chi connectivity index (χ1n) is 5.89. The van der Waals surface area contributed by atoms with Crippen LogP contribution < -0.4 is 0 Å². The number of aliphatic carboxylic acids is 1. The molecule has 0 heterocycles. The van der Waals surface area contributed by atoms with Crippen molar-refractivity contribution in [1.29, 1.82) is 0 Å². The molecule has 1 aliphatic carbocycles. The Morgan fingerprint density at radius 3 is 2.18 bits per heavy atom. The first-order chi connectivity index (χ1) is 7.83. The average Bonchev–Trinajstić information content (AvgIpc) is 2.97. The highest BCUT2D eigenvalue weighted by Crippen LogP contribution is 2.48. The molecule has 2 rings (SSSR count). The van der Waals surface area contributed by atoms with Crippen molar-refractivity contribution >= 4 is 5.97 Å². The standard InChI is InChI=1S/C14H18O3/c1-13(2,17)9-10-3-5-11(6-4-10)14(7-8-14)12(15)16/h3-6,17H,7-9H2,1-2H3,(H,15,16). The highest BCUT2D eigenvalue weighted by Gasteiger charge is 2.51. The van der Waals surface area contributed by atoms with Gasteiger partial charge in [0.1, 0.15) is 0 Å². The van der Waals surface area contributed by atoms with E-state index in [1.807, 2.05) is 24.3 Å². The molecule has 1 aromatic rings. The molecule has 1 saturated carbocycles. The molecule has 0 bridgehead atoms. The van der Waals surface area contributed by atoms with Crippen LogP contribution in [0.3, 0.4) is 0 Å². The summed E-state index contributed by atoms with van der Waals surface area (Å²) < 4.78 is 0. The molecule has 0 radical (unpaired) electrons. The largest absolute Gasteiger partial charge is 0.481 e. The summed E-state index contributed by atoms with van der Waals surface area (Å²) in [5.41, 5.74) is 0.547. The summed E-state index contributed by atoms with van der Waals surface area (Å²) in [6.45, 7) is 3.53. The maximum absolute atomic E-state index is 11.2. The molecule has 0 spiro atoms. The van der Waals surface area contributed by atoms with Gasteiger partial charge < -0.3 is 10.2 Å². The van der Waals surface area contributed by atoms with Crippen LogP contribution in [0.2, 0.25) is 0 Å². The Balaban J connectivity index is 2.17. The van der Waals surface area contributed by atoms with E-state index in [0.717, 1.165) is 24.0 Å². The second-order valence-electron chi connectivity index (χ2n) is 5.57. The molecule has 1 aliphatic rings. The molecule has 0 unspecified atom stereocenters. The number of aliphatic hydroxyl groups is 1. The predicted octanol–water partition coefficient (Wildman–Crippen LogP) is 2.12. The van der Waals surface area contributed by atoms with Crippen molar-refractivity contribution in [3.63, 3.8) is 0 Å². The molecule has 3 nitrogen and oxygen atoms in total. The van der Waals surface area contributed by atoms with Gasteiger partial charge in [0, 0.05) is 6.42 Å². The van der Waals surface area contributed by atoms with Crippen molar-refractivity contribution in [3.8, 4) is 0 Å². The van der Waals surface area contributed by atoms with Gasteiger partial charge in [-0.25, -0.2) is 0 Å². The summed E-state index contributed by atoms with van der Waals surface area (Å²) in [6.07, 6.45) is 2.04. The van der Waals surface area contributed by atoms with E-state index in [4.69, 9.17) is 0 Å². The number of hydrogen-bond donors (Lipinski definition) is 2. The smallest absolute Gasteiger partial charge is 0.314 e. The van der Waals surface area contributed by atoms with Crippen LogP contribution in [0, 0.1) is 0 Å². The van der Waals surface area contributed by atoms with E-state index in [2.05, 4.69) is 0 Å². The van der Waals surface area contributed by atoms with E-state index < -0.39 is 17.0 Å². The van der Waals surface area contributed by atoms with Crippen LogP contribution in [0.5, 0.6) is 0 Å². The van der Waals surface area contributed by atoms with E-state index in [-0.39, 0.29) is 0 Å². The molecule has 92 valence electrons. The molecule has 2 N–H and O–H groups in total. The molecule has 0 aromatic heterocycles. The van der Waals surface area contributed by atoms with Crippen molar-refractivity contribution < 1.29 is 15.0 Å². The first-order valence-corrected chi connectivity index (χ1v) is 5.89. The van der Waals surface area contributed by atoms with E-state index in [1.54, 1.807) is 13.8 Å². The quantitative estimate of drug-likeness (QED) is 0.839. The van der Waals surface area contributed by atoms with Gasteiger partial charge in [-0.1, -0.05) is 24.3 Å². The third-order valence-corrected chi connectivity index (χ3v) is 3.30. The van der Waals surface area contributed by atoms with E-state index >= 15 is 0 Å². The van der Waals surface area contributed by atoms with Crippen LogP contribution in [0.15, 0.2) is 24.3 Å². The molecule has 0 atom stereocenters. The fourth-order valence-electron chi connectivity index (χ4n) is 2.19. The van der Waals surface area contributed by atoms with Gasteiger partial charge in [-0.05, 0) is 37.8 Å². The highest BCUT2D eigenvalue weighted by molar-refractivity contribution is 5.84. The normalized spacial score (nSPS) is 17.8. The van der Waals surface area contributed by atoms with Crippen molar-refractivity contribution in [2.45, 2.75) is 44.1 Å². The van der Waals surface area contributed by atoms with Gasteiger partial charge in [-0.3, -0.25) is 4.79 Å². The minimum Gasteiger partial charge on any atom is -0.481 e. The maximum Gasteiger partial charge on any atom is 0.314 e. The number of carboxylic acid groups (broad SMARTS) is 1. The monoisotopic (exact) mass is 234 g/mol. The number of carboxylic acids is 1. The fraction of sp³-hybridized carbons (Fsp3) is 0.500. The zero-order chi connectivity index (χ0) is 12.7. The van der Waals surface area contributed by atoms with Gasteiger partial charge in [0.15, 0.2) is 0 Å². The summed E-state index contributed by atoms with van der Waals surface area (Å²) in [5.74, 6) is -0.729. The van der Waals surface area contributed by atoms with Crippen molar-refractivity contribution in [2.75, 3.05) is 0 Å². The Labute approximate surface area is 101 Å². The van der Waals surface area contributed by atoms with Gasteiger partial charge in [0.2, 0.25) is 0 Å². The van der Waals surface area contributed by atoms with Gasteiger partial charge >= 0.3 is 5.97 Å². The number of rotatable bonds is 4. The molecular formula is C14H18O3. The van der Waals surface area contributed by atoms with Crippen LogP contribution in [-0.2, 0) is 16.6 Å². The van der Waals surface area contributed by atoms with Crippen LogP contribution in [0.25, 0.3) is 0 Å². The van der Waals surface area contributed by atoms with Crippen LogP contribution in [0.4, 0.5) is 0 Å². The highest BCUT2D eigenvalue weighted by atomic mass is 16.4. The summed E-state index contributed by atoms with van der Waals surface area (Å²) in [7, 11) is 0. The van der Waals surface area contributed by atoms with Gasteiger partial charge in [-0.2, -0.15) is 0 Å². The lowest BCUT2D eigenvalue weighted by atomic mass is 9.92. The molecule has 1 aromatic carbocycles. The van der Waals surface area contributed by atoms with Crippen molar-refractivity contribution in [3.05, 3.63) is 35.4 Å². The van der Waals surface area contributed by atoms with Crippen LogP contribution in [0.1, 0.15) is 37.8 Å². The number of hydrogen-bond acceptors (Lipinski definition) is 2. The molecule has 1 fully saturated rings. The number of carbonyl (C=O) groups is 1. The van der Waals surface area contributed by atoms with E-state index in [1.165, 1.54) is 0 Å². The zero-order valence-corrected chi connectivity index (χ0v) is 10.2. The minimum atomic E-state index is -0.731. The van der Waals surface area contributed by atoms with Crippen molar-refractivity contribution in [1.82, 2.24) is 0 Å². The van der Waals surface area contributed by atoms with Crippen LogP contribution in [-0.4, -0.2) is 21.8 Å². The van der Waals surface area contributed by atoms with Crippen molar-refractivity contribution in [2.24, 2.45) is 0 Å². The topological polar surface area (TPSA) is 57.5 Å². The molecule has 0 aliphatic heterocycles. The second-order valence-corrected chi connectivity index (χ2v) is 5.57. The lowest BCUT2D eigenvalue weighted by Crippen LogP contribution is -2.22. The van der Waals surface area contributed by atoms with Gasteiger partial charge in [-0.15, -0.1) is 0 Å².